The molecule has 0 aromatic heterocycles. The molecule has 0 aliphatic carbocycles. The van der Waals surface area contributed by atoms with E-state index in [0.29, 0.717) is 12.0 Å². The zero-order valence-corrected chi connectivity index (χ0v) is 13.3. The fourth-order valence-electron chi connectivity index (χ4n) is 2.67. The number of rotatable bonds is 7. The molecule has 0 saturated heterocycles. The van der Waals surface area contributed by atoms with Crippen molar-refractivity contribution in [1.82, 2.24) is 5.32 Å². The Morgan fingerprint density at radius 1 is 1.16 bits per heavy atom. The monoisotopic (exact) mass is 263 g/mol. The highest BCUT2D eigenvalue weighted by atomic mass is 16.5. The van der Waals surface area contributed by atoms with E-state index in [-0.39, 0.29) is 0 Å². The highest BCUT2D eigenvalue weighted by molar-refractivity contribution is 5.44. The van der Waals surface area contributed by atoms with E-state index in [1.807, 2.05) is 0 Å². The summed E-state index contributed by atoms with van der Waals surface area (Å²) in [5.41, 5.74) is 3.84. The van der Waals surface area contributed by atoms with Crippen molar-refractivity contribution in [1.29, 1.82) is 0 Å². The SMILES string of the molecule is CCCNC(c1cc(C)c(OC)c(C)c1)C(C)CC. The normalized spacial score (nSPS) is 14.2. The summed E-state index contributed by atoms with van der Waals surface area (Å²) in [7, 11) is 1.75. The van der Waals surface area contributed by atoms with Crippen molar-refractivity contribution >= 4 is 0 Å². The second-order valence-corrected chi connectivity index (χ2v) is 5.51. The van der Waals surface area contributed by atoms with Crippen LogP contribution in [0.5, 0.6) is 5.75 Å². The topological polar surface area (TPSA) is 21.3 Å². The fraction of sp³-hybridized carbons (Fsp3) is 0.647. The van der Waals surface area contributed by atoms with Crippen LogP contribution >= 0.6 is 0 Å². The molecule has 2 nitrogen and oxygen atoms in total. The molecule has 1 aromatic rings. The van der Waals surface area contributed by atoms with Crippen molar-refractivity contribution in [2.75, 3.05) is 13.7 Å². The van der Waals surface area contributed by atoms with Gasteiger partial charge in [0.15, 0.2) is 0 Å². The maximum atomic E-state index is 5.46. The summed E-state index contributed by atoms with van der Waals surface area (Å²) in [6.45, 7) is 12.1. The number of nitrogens with one attached hydrogen (secondary N) is 1. The van der Waals surface area contributed by atoms with Gasteiger partial charge in [0.05, 0.1) is 7.11 Å². The lowest BCUT2D eigenvalue weighted by atomic mass is 9.90. The van der Waals surface area contributed by atoms with Crippen LogP contribution < -0.4 is 10.1 Å². The average Bonchev–Trinajstić information content (AvgIpc) is 2.38. The minimum absolute atomic E-state index is 0.438. The molecular weight excluding hydrogens is 234 g/mol. The summed E-state index contributed by atoms with van der Waals surface area (Å²) in [5.74, 6) is 1.65. The van der Waals surface area contributed by atoms with Crippen LogP contribution in [0.4, 0.5) is 0 Å². The number of hydrogen-bond acceptors (Lipinski definition) is 2. The van der Waals surface area contributed by atoms with Crippen LogP contribution in [0.2, 0.25) is 0 Å². The summed E-state index contributed by atoms with van der Waals surface area (Å²) in [4.78, 5) is 0. The average molecular weight is 263 g/mol. The molecule has 0 radical (unpaired) electrons. The van der Waals surface area contributed by atoms with Crippen LogP contribution in [0.15, 0.2) is 12.1 Å². The van der Waals surface area contributed by atoms with Gasteiger partial charge in [-0.15, -0.1) is 0 Å². The van der Waals surface area contributed by atoms with Crippen molar-refractivity contribution in [3.63, 3.8) is 0 Å². The minimum Gasteiger partial charge on any atom is -0.496 e. The van der Waals surface area contributed by atoms with Crippen LogP contribution in [-0.4, -0.2) is 13.7 Å². The molecule has 19 heavy (non-hydrogen) atoms. The highest BCUT2D eigenvalue weighted by Crippen LogP contribution is 2.31. The first-order chi connectivity index (χ1) is 9.04. The van der Waals surface area contributed by atoms with Gasteiger partial charge in [-0.1, -0.05) is 39.3 Å². The molecule has 0 fully saturated rings. The number of methoxy groups -OCH3 is 1. The molecule has 1 N–H and O–H groups in total. The lowest BCUT2D eigenvalue weighted by molar-refractivity contribution is 0.375. The summed E-state index contributed by atoms with van der Waals surface area (Å²) < 4.78 is 5.46. The van der Waals surface area contributed by atoms with E-state index in [2.05, 4.69) is 52.1 Å². The molecule has 0 saturated carbocycles. The molecule has 0 aliphatic heterocycles. The Labute approximate surface area is 118 Å². The molecule has 0 aliphatic rings. The molecule has 2 heteroatoms. The number of hydrogen-bond donors (Lipinski definition) is 1. The summed E-state index contributed by atoms with van der Waals surface area (Å²) >= 11 is 0. The van der Waals surface area contributed by atoms with Crippen molar-refractivity contribution < 1.29 is 4.74 Å². The quantitative estimate of drug-likeness (QED) is 0.787. The van der Waals surface area contributed by atoms with Gasteiger partial charge in [0, 0.05) is 6.04 Å². The molecule has 1 aromatic carbocycles. The van der Waals surface area contributed by atoms with Crippen LogP contribution in [0.1, 0.15) is 56.3 Å². The van der Waals surface area contributed by atoms with Crippen molar-refractivity contribution in [3.8, 4) is 5.75 Å². The molecule has 1 rings (SSSR count). The molecule has 2 atom stereocenters. The third kappa shape index (κ3) is 3.97. The first-order valence-electron chi connectivity index (χ1n) is 7.43. The Morgan fingerprint density at radius 2 is 1.74 bits per heavy atom. The highest BCUT2D eigenvalue weighted by Gasteiger charge is 2.19. The molecule has 0 amide bonds. The van der Waals surface area contributed by atoms with Gasteiger partial charge in [0.2, 0.25) is 0 Å². The van der Waals surface area contributed by atoms with Gasteiger partial charge < -0.3 is 10.1 Å². The van der Waals surface area contributed by atoms with Crippen LogP contribution in [0.3, 0.4) is 0 Å². The molecule has 108 valence electrons. The zero-order chi connectivity index (χ0) is 14.4. The van der Waals surface area contributed by atoms with Crippen molar-refractivity contribution in [3.05, 3.63) is 28.8 Å². The number of benzene rings is 1. The van der Waals surface area contributed by atoms with Gasteiger partial charge in [-0.05, 0) is 49.4 Å². The van der Waals surface area contributed by atoms with Crippen LogP contribution in [0, 0.1) is 19.8 Å². The molecular formula is C17H29NO. The maximum Gasteiger partial charge on any atom is 0.124 e. The van der Waals surface area contributed by atoms with Gasteiger partial charge in [-0.3, -0.25) is 0 Å². The lowest BCUT2D eigenvalue weighted by Crippen LogP contribution is -2.27. The maximum absolute atomic E-state index is 5.46. The van der Waals surface area contributed by atoms with E-state index < -0.39 is 0 Å². The van der Waals surface area contributed by atoms with E-state index in [9.17, 15) is 0 Å². The fourth-order valence-corrected chi connectivity index (χ4v) is 2.67. The third-order valence-corrected chi connectivity index (χ3v) is 3.87. The lowest BCUT2D eigenvalue weighted by Gasteiger charge is -2.26. The van der Waals surface area contributed by atoms with Crippen LogP contribution in [0.25, 0.3) is 0 Å². The second-order valence-electron chi connectivity index (χ2n) is 5.51. The standard InChI is InChI=1S/C17H29NO/c1-7-9-18-16(12(3)8-2)15-10-13(4)17(19-6)14(5)11-15/h10-12,16,18H,7-9H2,1-6H3. The van der Waals surface area contributed by atoms with Crippen molar-refractivity contribution in [2.24, 2.45) is 5.92 Å². The van der Waals surface area contributed by atoms with Gasteiger partial charge in [-0.2, -0.15) is 0 Å². The summed E-state index contributed by atoms with van der Waals surface area (Å²) in [6.07, 6.45) is 2.35. The van der Waals surface area contributed by atoms with Gasteiger partial charge in [0.1, 0.15) is 5.75 Å². The summed E-state index contributed by atoms with van der Waals surface area (Å²) in [5, 5.41) is 3.69. The molecule has 0 bridgehead atoms. The number of aryl methyl sites for hydroxylation is 2. The molecule has 2 unspecified atom stereocenters. The van der Waals surface area contributed by atoms with Gasteiger partial charge in [-0.25, -0.2) is 0 Å². The summed E-state index contributed by atoms with van der Waals surface area (Å²) in [6, 6.07) is 4.98. The Hall–Kier alpha value is -1.02. The van der Waals surface area contributed by atoms with E-state index in [0.717, 1.165) is 12.3 Å². The number of ether oxygens (including phenoxy) is 1. The largest absolute Gasteiger partial charge is 0.496 e. The predicted molar refractivity (Wildman–Crippen MR) is 83.0 cm³/mol. The minimum atomic E-state index is 0.438. The Kier molecular flexibility index (Phi) is 6.36. The van der Waals surface area contributed by atoms with E-state index in [1.54, 1.807) is 7.11 Å². The van der Waals surface area contributed by atoms with Crippen molar-refractivity contribution in [2.45, 2.75) is 53.5 Å². The smallest absolute Gasteiger partial charge is 0.124 e. The Balaban J connectivity index is 3.08. The Morgan fingerprint density at radius 3 is 2.16 bits per heavy atom. The molecule has 0 spiro atoms. The second kappa shape index (κ2) is 7.54. The van der Waals surface area contributed by atoms with E-state index in [4.69, 9.17) is 4.74 Å². The Bertz CT molecular complexity index is 377. The third-order valence-electron chi connectivity index (χ3n) is 3.87. The van der Waals surface area contributed by atoms with E-state index in [1.165, 1.54) is 29.5 Å². The van der Waals surface area contributed by atoms with Gasteiger partial charge in [0.25, 0.3) is 0 Å². The van der Waals surface area contributed by atoms with Gasteiger partial charge >= 0.3 is 0 Å². The first-order valence-corrected chi connectivity index (χ1v) is 7.43. The predicted octanol–water partition coefficient (Wildman–Crippen LogP) is 4.40. The van der Waals surface area contributed by atoms with E-state index >= 15 is 0 Å². The first kappa shape index (κ1) is 16.0. The zero-order valence-electron chi connectivity index (χ0n) is 13.3. The molecule has 0 heterocycles. The van der Waals surface area contributed by atoms with Crippen LogP contribution in [-0.2, 0) is 0 Å².